The summed E-state index contributed by atoms with van der Waals surface area (Å²) in [5.41, 5.74) is 4.50. The van der Waals surface area contributed by atoms with Crippen LogP contribution < -0.4 is 0 Å². The molecular formula is C21H17NO2. The summed E-state index contributed by atoms with van der Waals surface area (Å²) in [6.45, 7) is 2.05. The van der Waals surface area contributed by atoms with E-state index >= 15 is 0 Å². The molecule has 3 nitrogen and oxygen atoms in total. The van der Waals surface area contributed by atoms with Crippen LogP contribution in [0.25, 0.3) is 32.9 Å². The SMILES string of the molecule is COC(=O)c1c(-c2ccc(C)cc2)[nH]c2c1ccc1ccccc12. The third kappa shape index (κ3) is 2.17. The van der Waals surface area contributed by atoms with Crippen molar-refractivity contribution in [1.82, 2.24) is 4.98 Å². The van der Waals surface area contributed by atoms with Gasteiger partial charge in [-0.25, -0.2) is 4.79 Å². The number of hydrogen-bond acceptors (Lipinski definition) is 2. The van der Waals surface area contributed by atoms with Gasteiger partial charge in [-0.2, -0.15) is 0 Å². The standard InChI is InChI=1S/C21H17NO2/c1-13-7-9-15(10-8-13)19-18(21(23)24-2)17-12-11-14-5-3-4-6-16(14)20(17)22-19/h3-12,22H,1-2H3. The van der Waals surface area contributed by atoms with E-state index < -0.39 is 0 Å². The molecule has 0 amide bonds. The fourth-order valence-corrected chi connectivity index (χ4v) is 3.19. The Morgan fingerprint density at radius 2 is 1.67 bits per heavy atom. The average molecular weight is 315 g/mol. The molecule has 118 valence electrons. The number of carbonyl (C=O) groups is 1. The highest BCUT2D eigenvalue weighted by molar-refractivity contribution is 6.16. The third-order valence-corrected chi connectivity index (χ3v) is 4.43. The van der Waals surface area contributed by atoms with Crippen molar-refractivity contribution in [3.05, 3.63) is 71.8 Å². The molecule has 4 aromatic rings. The lowest BCUT2D eigenvalue weighted by molar-refractivity contribution is 0.0604. The summed E-state index contributed by atoms with van der Waals surface area (Å²) < 4.78 is 5.04. The number of rotatable bonds is 2. The molecule has 0 fully saturated rings. The van der Waals surface area contributed by atoms with Crippen LogP contribution in [0, 0.1) is 6.92 Å². The van der Waals surface area contributed by atoms with Crippen molar-refractivity contribution in [2.45, 2.75) is 6.92 Å². The van der Waals surface area contributed by atoms with E-state index in [1.54, 1.807) is 0 Å². The number of benzene rings is 3. The predicted molar refractivity (Wildman–Crippen MR) is 97.3 cm³/mol. The van der Waals surface area contributed by atoms with Gasteiger partial charge in [0.25, 0.3) is 0 Å². The van der Waals surface area contributed by atoms with Gasteiger partial charge in [-0.3, -0.25) is 0 Å². The van der Waals surface area contributed by atoms with Gasteiger partial charge in [0.1, 0.15) is 0 Å². The first-order valence-corrected chi connectivity index (χ1v) is 7.88. The van der Waals surface area contributed by atoms with Crippen LogP contribution in [0.2, 0.25) is 0 Å². The Morgan fingerprint density at radius 3 is 2.42 bits per heavy atom. The predicted octanol–water partition coefficient (Wildman–Crippen LogP) is 5.08. The quantitative estimate of drug-likeness (QED) is 0.524. The average Bonchev–Trinajstić information content (AvgIpc) is 3.01. The van der Waals surface area contributed by atoms with E-state index in [2.05, 4.69) is 17.1 Å². The Kier molecular flexibility index (Phi) is 3.35. The Bertz CT molecular complexity index is 1060. The van der Waals surface area contributed by atoms with Crippen LogP contribution in [0.1, 0.15) is 15.9 Å². The van der Waals surface area contributed by atoms with E-state index in [9.17, 15) is 4.79 Å². The second kappa shape index (κ2) is 5.53. The Labute approximate surface area is 139 Å². The molecule has 4 rings (SSSR count). The van der Waals surface area contributed by atoms with Crippen molar-refractivity contribution in [3.63, 3.8) is 0 Å². The molecular weight excluding hydrogens is 298 g/mol. The molecule has 0 saturated heterocycles. The molecule has 0 aliphatic heterocycles. The van der Waals surface area contributed by atoms with Crippen LogP contribution in [0.4, 0.5) is 0 Å². The van der Waals surface area contributed by atoms with Gasteiger partial charge in [0.15, 0.2) is 0 Å². The van der Waals surface area contributed by atoms with Crippen molar-refractivity contribution in [3.8, 4) is 11.3 Å². The number of nitrogens with one attached hydrogen (secondary N) is 1. The van der Waals surface area contributed by atoms with Gasteiger partial charge in [-0.1, -0.05) is 66.2 Å². The van der Waals surface area contributed by atoms with Crippen LogP contribution in [-0.2, 0) is 4.74 Å². The van der Waals surface area contributed by atoms with Gasteiger partial charge in [0.05, 0.1) is 23.9 Å². The van der Waals surface area contributed by atoms with Gasteiger partial charge in [0.2, 0.25) is 0 Å². The molecule has 1 N–H and O–H groups in total. The molecule has 3 heteroatoms. The lowest BCUT2D eigenvalue weighted by atomic mass is 10.0. The lowest BCUT2D eigenvalue weighted by Crippen LogP contribution is -2.02. The van der Waals surface area contributed by atoms with E-state index in [-0.39, 0.29) is 5.97 Å². The summed E-state index contributed by atoms with van der Waals surface area (Å²) >= 11 is 0. The summed E-state index contributed by atoms with van der Waals surface area (Å²) in [7, 11) is 1.42. The number of methoxy groups -OCH3 is 1. The molecule has 0 radical (unpaired) electrons. The summed E-state index contributed by atoms with van der Waals surface area (Å²) in [5.74, 6) is -0.327. The van der Waals surface area contributed by atoms with E-state index in [1.165, 1.54) is 12.7 Å². The summed E-state index contributed by atoms with van der Waals surface area (Å²) in [5, 5.41) is 3.12. The van der Waals surface area contributed by atoms with Gasteiger partial charge in [-0.05, 0) is 17.9 Å². The first kappa shape index (κ1) is 14.5. The summed E-state index contributed by atoms with van der Waals surface area (Å²) in [6, 6.07) is 20.3. The fourth-order valence-electron chi connectivity index (χ4n) is 3.19. The molecule has 3 aromatic carbocycles. The number of fused-ring (bicyclic) bond motifs is 3. The Balaban J connectivity index is 2.09. The monoisotopic (exact) mass is 315 g/mol. The second-order valence-electron chi connectivity index (χ2n) is 5.94. The molecule has 24 heavy (non-hydrogen) atoms. The number of hydrogen-bond donors (Lipinski definition) is 1. The van der Waals surface area contributed by atoms with E-state index in [1.807, 2.05) is 55.5 Å². The highest BCUT2D eigenvalue weighted by Crippen LogP contribution is 2.34. The number of ether oxygens (including phenoxy) is 1. The highest BCUT2D eigenvalue weighted by atomic mass is 16.5. The maximum atomic E-state index is 12.4. The van der Waals surface area contributed by atoms with Crippen molar-refractivity contribution >= 4 is 27.6 Å². The zero-order valence-corrected chi connectivity index (χ0v) is 13.6. The normalized spacial score (nSPS) is 11.1. The summed E-state index contributed by atoms with van der Waals surface area (Å²) in [6.07, 6.45) is 0. The third-order valence-electron chi connectivity index (χ3n) is 4.43. The van der Waals surface area contributed by atoms with Crippen LogP contribution in [0.15, 0.2) is 60.7 Å². The Morgan fingerprint density at radius 1 is 0.917 bits per heavy atom. The second-order valence-corrected chi connectivity index (χ2v) is 5.94. The van der Waals surface area contributed by atoms with Crippen molar-refractivity contribution in [2.75, 3.05) is 7.11 Å². The molecule has 0 aliphatic carbocycles. The number of aromatic amines is 1. The number of aromatic nitrogens is 1. The van der Waals surface area contributed by atoms with Crippen LogP contribution >= 0.6 is 0 Å². The lowest BCUT2D eigenvalue weighted by Gasteiger charge is -2.04. The number of H-pyrrole nitrogens is 1. The van der Waals surface area contributed by atoms with Gasteiger partial charge >= 0.3 is 5.97 Å². The maximum absolute atomic E-state index is 12.4. The van der Waals surface area contributed by atoms with E-state index in [0.29, 0.717) is 5.56 Å². The van der Waals surface area contributed by atoms with Crippen molar-refractivity contribution in [2.24, 2.45) is 0 Å². The zero-order valence-electron chi connectivity index (χ0n) is 13.6. The minimum atomic E-state index is -0.327. The van der Waals surface area contributed by atoms with Crippen LogP contribution in [0.3, 0.4) is 0 Å². The Hall–Kier alpha value is -3.07. The first-order chi connectivity index (χ1) is 11.7. The largest absolute Gasteiger partial charge is 0.465 e. The molecule has 1 aromatic heterocycles. The van der Waals surface area contributed by atoms with Gasteiger partial charge in [-0.15, -0.1) is 0 Å². The molecule has 1 heterocycles. The van der Waals surface area contributed by atoms with Gasteiger partial charge < -0.3 is 9.72 Å². The topological polar surface area (TPSA) is 42.1 Å². The van der Waals surface area contributed by atoms with E-state index in [4.69, 9.17) is 4.74 Å². The molecule has 0 bridgehead atoms. The molecule has 0 unspecified atom stereocenters. The van der Waals surface area contributed by atoms with Crippen molar-refractivity contribution in [1.29, 1.82) is 0 Å². The van der Waals surface area contributed by atoms with E-state index in [0.717, 1.165) is 32.9 Å². The summed E-state index contributed by atoms with van der Waals surface area (Å²) in [4.78, 5) is 15.9. The zero-order chi connectivity index (χ0) is 16.7. The molecule has 0 aliphatic rings. The maximum Gasteiger partial charge on any atom is 0.340 e. The van der Waals surface area contributed by atoms with Crippen molar-refractivity contribution < 1.29 is 9.53 Å². The minimum Gasteiger partial charge on any atom is -0.465 e. The number of carbonyl (C=O) groups excluding carboxylic acids is 1. The first-order valence-electron chi connectivity index (χ1n) is 7.88. The smallest absolute Gasteiger partial charge is 0.340 e. The fraction of sp³-hybridized carbons (Fsp3) is 0.0952. The van der Waals surface area contributed by atoms with Crippen LogP contribution in [0.5, 0.6) is 0 Å². The minimum absolute atomic E-state index is 0.327. The number of aryl methyl sites for hydroxylation is 1. The van der Waals surface area contributed by atoms with Gasteiger partial charge in [0, 0.05) is 10.8 Å². The highest BCUT2D eigenvalue weighted by Gasteiger charge is 2.21. The number of esters is 1. The molecule has 0 saturated carbocycles. The molecule has 0 spiro atoms. The van der Waals surface area contributed by atoms with Crippen LogP contribution in [-0.4, -0.2) is 18.1 Å². The molecule has 0 atom stereocenters.